The SMILES string of the molecule is CCOc1ccc(C(NC(=O)C2CCN(C(=O)c3ccc(F)cc3)CC2)C(C)C)cc1OCC. The van der Waals surface area contributed by atoms with Gasteiger partial charge in [-0.15, -0.1) is 0 Å². The molecule has 0 aliphatic carbocycles. The maximum atomic E-state index is 13.1. The molecule has 1 heterocycles. The number of nitrogens with zero attached hydrogens (tertiary/aromatic N) is 1. The van der Waals surface area contributed by atoms with E-state index in [0.717, 1.165) is 5.56 Å². The van der Waals surface area contributed by atoms with Crippen molar-refractivity contribution in [2.45, 2.75) is 46.6 Å². The third-order valence-electron chi connectivity index (χ3n) is 6.14. The first-order chi connectivity index (χ1) is 16.3. The van der Waals surface area contributed by atoms with Crippen LogP contribution in [0.4, 0.5) is 4.39 Å². The second kappa shape index (κ2) is 11.9. The number of halogens is 1. The molecule has 1 saturated heterocycles. The highest BCUT2D eigenvalue weighted by atomic mass is 19.1. The number of ether oxygens (including phenoxy) is 2. The van der Waals surface area contributed by atoms with Crippen LogP contribution in [0.5, 0.6) is 11.5 Å². The molecule has 1 unspecified atom stereocenters. The van der Waals surface area contributed by atoms with E-state index in [0.29, 0.717) is 56.2 Å². The van der Waals surface area contributed by atoms with Gasteiger partial charge in [0.05, 0.1) is 19.3 Å². The predicted octanol–water partition coefficient (Wildman–Crippen LogP) is 4.99. The van der Waals surface area contributed by atoms with Crippen LogP contribution in [-0.2, 0) is 4.79 Å². The van der Waals surface area contributed by atoms with Crippen LogP contribution in [0, 0.1) is 17.7 Å². The summed E-state index contributed by atoms with van der Waals surface area (Å²) in [6.45, 7) is 10.1. The molecule has 184 valence electrons. The molecule has 7 heteroatoms. The standard InChI is InChI=1S/C27H35FN2O4/c1-5-33-23-12-9-21(17-24(23)34-6-2)25(18(3)4)29-26(31)19-13-15-30(16-14-19)27(32)20-7-10-22(28)11-8-20/h7-12,17-19,25H,5-6,13-16H2,1-4H3,(H,29,31). The molecular weight excluding hydrogens is 435 g/mol. The number of hydrogen-bond acceptors (Lipinski definition) is 4. The summed E-state index contributed by atoms with van der Waals surface area (Å²) in [7, 11) is 0. The van der Waals surface area contributed by atoms with Gasteiger partial charge in [-0.25, -0.2) is 4.39 Å². The van der Waals surface area contributed by atoms with Gasteiger partial charge in [-0.2, -0.15) is 0 Å². The number of piperidine rings is 1. The number of benzene rings is 2. The van der Waals surface area contributed by atoms with Crippen LogP contribution >= 0.6 is 0 Å². The first kappa shape index (κ1) is 25.5. The molecular formula is C27H35FN2O4. The number of likely N-dealkylation sites (tertiary alicyclic amines) is 1. The number of rotatable bonds is 9. The summed E-state index contributed by atoms with van der Waals surface area (Å²) < 4.78 is 24.6. The topological polar surface area (TPSA) is 67.9 Å². The zero-order valence-electron chi connectivity index (χ0n) is 20.5. The summed E-state index contributed by atoms with van der Waals surface area (Å²) in [6, 6.07) is 11.2. The van der Waals surface area contributed by atoms with Crippen molar-refractivity contribution in [3.05, 3.63) is 59.4 Å². The van der Waals surface area contributed by atoms with Gasteiger partial charge in [0.2, 0.25) is 5.91 Å². The minimum absolute atomic E-state index is 0.000532. The van der Waals surface area contributed by atoms with Crippen LogP contribution in [0.3, 0.4) is 0 Å². The zero-order valence-corrected chi connectivity index (χ0v) is 20.5. The molecule has 3 rings (SSSR count). The first-order valence-corrected chi connectivity index (χ1v) is 12.1. The summed E-state index contributed by atoms with van der Waals surface area (Å²) in [5.41, 5.74) is 1.43. The molecule has 34 heavy (non-hydrogen) atoms. The van der Waals surface area contributed by atoms with Crippen molar-refractivity contribution in [3.8, 4) is 11.5 Å². The molecule has 2 aromatic rings. The Labute approximate surface area is 201 Å². The van der Waals surface area contributed by atoms with Crippen molar-refractivity contribution in [1.29, 1.82) is 0 Å². The minimum atomic E-state index is -0.368. The van der Waals surface area contributed by atoms with Crippen molar-refractivity contribution in [2.75, 3.05) is 26.3 Å². The second-order valence-corrected chi connectivity index (χ2v) is 8.88. The lowest BCUT2D eigenvalue weighted by Gasteiger charge is -2.33. The van der Waals surface area contributed by atoms with Crippen LogP contribution in [-0.4, -0.2) is 43.0 Å². The molecule has 6 nitrogen and oxygen atoms in total. The predicted molar refractivity (Wildman–Crippen MR) is 130 cm³/mol. The molecule has 1 N–H and O–H groups in total. The van der Waals surface area contributed by atoms with Crippen molar-refractivity contribution in [2.24, 2.45) is 11.8 Å². The van der Waals surface area contributed by atoms with E-state index in [1.807, 2.05) is 32.0 Å². The fourth-order valence-corrected chi connectivity index (χ4v) is 4.29. The lowest BCUT2D eigenvalue weighted by atomic mass is 9.92. The Kier molecular flexibility index (Phi) is 8.91. The fourth-order valence-electron chi connectivity index (χ4n) is 4.29. The van der Waals surface area contributed by atoms with Gasteiger partial charge >= 0.3 is 0 Å². The van der Waals surface area contributed by atoms with E-state index in [1.54, 1.807) is 4.90 Å². The molecule has 0 aromatic heterocycles. The zero-order chi connectivity index (χ0) is 24.7. The molecule has 0 saturated carbocycles. The summed E-state index contributed by atoms with van der Waals surface area (Å²) in [5, 5.41) is 3.22. The van der Waals surface area contributed by atoms with E-state index in [2.05, 4.69) is 19.2 Å². The largest absolute Gasteiger partial charge is 0.490 e. The Morgan fingerprint density at radius 2 is 1.62 bits per heavy atom. The summed E-state index contributed by atoms with van der Waals surface area (Å²) in [6.07, 6.45) is 1.19. The molecule has 1 fully saturated rings. The van der Waals surface area contributed by atoms with Crippen LogP contribution in [0.15, 0.2) is 42.5 Å². The normalized spacial score (nSPS) is 15.2. The van der Waals surface area contributed by atoms with E-state index in [1.165, 1.54) is 24.3 Å². The number of carbonyl (C=O) groups is 2. The van der Waals surface area contributed by atoms with Gasteiger partial charge in [-0.1, -0.05) is 19.9 Å². The van der Waals surface area contributed by atoms with E-state index >= 15 is 0 Å². The van der Waals surface area contributed by atoms with Crippen molar-refractivity contribution in [3.63, 3.8) is 0 Å². The van der Waals surface area contributed by atoms with Crippen molar-refractivity contribution in [1.82, 2.24) is 10.2 Å². The third-order valence-corrected chi connectivity index (χ3v) is 6.14. The summed E-state index contributed by atoms with van der Waals surface area (Å²) in [5.74, 6) is 0.891. The highest BCUT2D eigenvalue weighted by molar-refractivity contribution is 5.94. The van der Waals surface area contributed by atoms with E-state index in [-0.39, 0.29) is 35.5 Å². The van der Waals surface area contributed by atoms with Crippen LogP contribution in [0.1, 0.15) is 62.5 Å². The molecule has 2 amide bonds. The van der Waals surface area contributed by atoms with Gasteiger partial charge in [0.25, 0.3) is 5.91 Å². The maximum Gasteiger partial charge on any atom is 0.253 e. The van der Waals surface area contributed by atoms with Gasteiger partial charge < -0.3 is 19.7 Å². The Balaban J connectivity index is 1.64. The average molecular weight is 471 g/mol. The summed E-state index contributed by atoms with van der Waals surface area (Å²) in [4.78, 5) is 27.6. The molecule has 2 aromatic carbocycles. The van der Waals surface area contributed by atoms with Gasteiger partial charge in [-0.3, -0.25) is 9.59 Å². The Morgan fingerprint density at radius 1 is 1.00 bits per heavy atom. The Hall–Kier alpha value is -3.09. The smallest absolute Gasteiger partial charge is 0.253 e. The van der Waals surface area contributed by atoms with Crippen molar-refractivity contribution >= 4 is 11.8 Å². The highest BCUT2D eigenvalue weighted by Gasteiger charge is 2.30. The lowest BCUT2D eigenvalue weighted by molar-refractivity contribution is -0.127. The molecule has 0 bridgehead atoms. The number of amides is 2. The fraction of sp³-hybridized carbons (Fsp3) is 0.481. The molecule has 0 radical (unpaired) electrons. The Bertz CT molecular complexity index is 969. The molecule has 1 atom stereocenters. The van der Waals surface area contributed by atoms with Gasteiger partial charge in [0, 0.05) is 24.6 Å². The average Bonchev–Trinajstić information content (AvgIpc) is 2.84. The number of carbonyl (C=O) groups excluding carboxylic acids is 2. The first-order valence-electron chi connectivity index (χ1n) is 12.1. The van der Waals surface area contributed by atoms with E-state index in [4.69, 9.17) is 9.47 Å². The number of nitrogens with one attached hydrogen (secondary N) is 1. The highest BCUT2D eigenvalue weighted by Crippen LogP contribution is 2.33. The monoisotopic (exact) mass is 470 g/mol. The number of hydrogen-bond donors (Lipinski definition) is 1. The van der Waals surface area contributed by atoms with Crippen LogP contribution < -0.4 is 14.8 Å². The maximum absolute atomic E-state index is 13.1. The van der Waals surface area contributed by atoms with Crippen LogP contribution in [0.2, 0.25) is 0 Å². The molecule has 1 aliphatic heterocycles. The van der Waals surface area contributed by atoms with Gasteiger partial charge in [0.1, 0.15) is 5.82 Å². The van der Waals surface area contributed by atoms with Gasteiger partial charge in [-0.05, 0) is 74.6 Å². The summed E-state index contributed by atoms with van der Waals surface area (Å²) >= 11 is 0. The third kappa shape index (κ3) is 6.27. The van der Waals surface area contributed by atoms with Gasteiger partial charge in [0.15, 0.2) is 11.5 Å². The molecule has 1 aliphatic rings. The quantitative estimate of drug-likeness (QED) is 0.561. The van der Waals surface area contributed by atoms with Crippen LogP contribution in [0.25, 0.3) is 0 Å². The van der Waals surface area contributed by atoms with Crippen molar-refractivity contribution < 1.29 is 23.5 Å². The molecule has 0 spiro atoms. The minimum Gasteiger partial charge on any atom is -0.490 e. The Morgan fingerprint density at radius 3 is 2.21 bits per heavy atom. The van der Waals surface area contributed by atoms with E-state index in [9.17, 15) is 14.0 Å². The second-order valence-electron chi connectivity index (χ2n) is 8.88. The lowest BCUT2D eigenvalue weighted by Crippen LogP contribution is -2.44. The van der Waals surface area contributed by atoms with E-state index < -0.39 is 0 Å².